The van der Waals surface area contributed by atoms with E-state index >= 15 is 0 Å². The van der Waals surface area contributed by atoms with Crippen LogP contribution in [0.15, 0.2) is 35.1 Å². The lowest BCUT2D eigenvalue weighted by Gasteiger charge is -2.13. The van der Waals surface area contributed by atoms with Crippen LogP contribution in [0.3, 0.4) is 0 Å². The van der Waals surface area contributed by atoms with Gasteiger partial charge in [-0.2, -0.15) is 4.98 Å². The zero-order valence-electron chi connectivity index (χ0n) is 13.0. The Morgan fingerprint density at radius 3 is 2.88 bits per heavy atom. The van der Waals surface area contributed by atoms with Crippen LogP contribution in [-0.4, -0.2) is 21.1 Å². The number of nitrogens with two attached hydrogens (primary N) is 1. The number of nitrogens with zero attached hydrogens (tertiary/aromatic N) is 3. The minimum Gasteiger partial charge on any atom is -0.493 e. The first-order valence-electron chi connectivity index (χ1n) is 8.16. The van der Waals surface area contributed by atoms with Gasteiger partial charge in [0.05, 0.1) is 17.7 Å². The topological polar surface area (TPSA) is 83.0 Å². The Hall–Kier alpha value is -2.89. The monoisotopic (exact) mass is 320 g/mol. The molecule has 5 rings (SSSR count). The van der Waals surface area contributed by atoms with Crippen molar-refractivity contribution >= 4 is 16.9 Å². The van der Waals surface area contributed by atoms with E-state index in [1.165, 1.54) is 0 Å². The number of pyridine rings is 1. The van der Waals surface area contributed by atoms with Gasteiger partial charge < -0.3 is 10.5 Å². The predicted molar refractivity (Wildman–Crippen MR) is 90.7 cm³/mol. The molecule has 120 valence electrons. The number of benzene rings is 1. The number of hydrogen-bond acceptors (Lipinski definition) is 5. The van der Waals surface area contributed by atoms with E-state index in [0.717, 1.165) is 42.0 Å². The van der Waals surface area contributed by atoms with Crippen LogP contribution < -0.4 is 16.2 Å². The van der Waals surface area contributed by atoms with E-state index < -0.39 is 5.69 Å². The maximum absolute atomic E-state index is 12.6. The van der Waals surface area contributed by atoms with Crippen molar-refractivity contribution in [3.05, 3.63) is 52.1 Å². The van der Waals surface area contributed by atoms with Crippen LogP contribution in [0.2, 0.25) is 0 Å². The predicted octanol–water partition coefficient (Wildman–Crippen LogP) is 2.18. The molecular formula is C18H16N4O2. The third-order valence-electron chi connectivity index (χ3n) is 4.75. The standard InChI is InChI=1S/C18H16N4O2/c19-16-12-6-7-13(10-4-5-10)20-17(12)22(18(23)21-16)14-2-1-3-15-11(14)8-9-24-15/h1-3,6-7,10H,4-5,8-9H2,(H2,19,21,23). The second-order valence-corrected chi connectivity index (χ2v) is 6.35. The average Bonchev–Trinajstić information content (AvgIpc) is 3.32. The minimum absolute atomic E-state index is 0.227. The molecule has 6 nitrogen and oxygen atoms in total. The quantitative estimate of drug-likeness (QED) is 0.782. The first-order valence-corrected chi connectivity index (χ1v) is 8.16. The van der Waals surface area contributed by atoms with E-state index in [1.807, 2.05) is 30.3 Å². The van der Waals surface area contributed by atoms with Gasteiger partial charge in [0.25, 0.3) is 0 Å². The summed E-state index contributed by atoms with van der Waals surface area (Å²) in [5.41, 5.74) is 8.97. The van der Waals surface area contributed by atoms with E-state index in [1.54, 1.807) is 4.57 Å². The summed E-state index contributed by atoms with van der Waals surface area (Å²) >= 11 is 0. The SMILES string of the molecule is Nc1nc(=O)n(-c2cccc3c2CCO3)c2nc(C3CC3)ccc12. The molecule has 1 aromatic carbocycles. The van der Waals surface area contributed by atoms with E-state index in [4.69, 9.17) is 15.5 Å². The highest BCUT2D eigenvalue weighted by Gasteiger charge is 2.26. The number of fused-ring (bicyclic) bond motifs is 2. The third-order valence-corrected chi connectivity index (χ3v) is 4.75. The third kappa shape index (κ3) is 1.92. The summed E-state index contributed by atoms with van der Waals surface area (Å²) in [6, 6.07) is 9.64. The highest BCUT2D eigenvalue weighted by Crippen LogP contribution is 2.40. The van der Waals surface area contributed by atoms with Gasteiger partial charge in [-0.25, -0.2) is 14.3 Å². The van der Waals surface area contributed by atoms with Gasteiger partial charge in [0.1, 0.15) is 11.6 Å². The Bertz CT molecular complexity index is 1040. The van der Waals surface area contributed by atoms with Crippen LogP contribution in [0.4, 0.5) is 5.82 Å². The Morgan fingerprint density at radius 2 is 2.04 bits per heavy atom. The van der Waals surface area contributed by atoms with Crippen molar-refractivity contribution in [1.29, 1.82) is 0 Å². The Labute approximate surface area is 137 Å². The first-order chi connectivity index (χ1) is 11.7. The zero-order chi connectivity index (χ0) is 16.3. The summed E-state index contributed by atoms with van der Waals surface area (Å²) in [6.07, 6.45) is 3.07. The molecule has 0 unspecified atom stereocenters. The van der Waals surface area contributed by atoms with Gasteiger partial charge in [0, 0.05) is 23.6 Å². The fraction of sp³-hybridized carbons (Fsp3) is 0.278. The van der Waals surface area contributed by atoms with E-state index in [-0.39, 0.29) is 5.82 Å². The number of hydrogen-bond donors (Lipinski definition) is 1. The summed E-state index contributed by atoms with van der Waals surface area (Å²) in [5, 5.41) is 0.704. The van der Waals surface area contributed by atoms with Gasteiger partial charge in [-0.05, 0) is 37.1 Å². The lowest BCUT2D eigenvalue weighted by Crippen LogP contribution is -2.24. The summed E-state index contributed by atoms with van der Waals surface area (Å²) in [4.78, 5) is 21.4. The molecule has 24 heavy (non-hydrogen) atoms. The lowest BCUT2D eigenvalue weighted by molar-refractivity contribution is 0.357. The molecule has 1 aliphatic heterocycles. The molecule has 0 amide bonds. The molecule has 0 saturated heterocycles. The average molecular weight is 320 g/mol. The van der Waals surface area contributed by atoms with E-state index in [0.29, 0.717) is 23.6 Å². The second kappa shape index (κ2) is 4.80. The van der Waals surface area contributed by atoms with Crippen molar-refractivity contribution in [2.45, 2.75) is 25.2 Å². The van der Waals surface area contributed by atoms with Crippen LogP contribution in [0.1, 0.15) is 30.0 Å². The van der Waals surface area contributed by atoms with Crippen molar-refractivity contribution < 1.29 is 4.74 Å². The highest BCUT2D eigenvalue weighted by molar-refractivity contribution is 5.86. The van der Waals surface area contributed by atoms with Crippen molar-refractivity contribution in [3.8, 4) is 11.4 Å². The Kier molecular flexibility index (Phi) is 2.71. The fourth-order valence-electron chi connectivity index (χ4n) is 3.37. The number of nitrogen functional groups attached to an aromatic ring is 1. The molecule has 1 saturated carbocycles. The van der Waals surface area contributed by atoms with Crippen molar-refractivity contribution in [3.63, 3.8) is 0 Å². The van der Waals surface area contributed by atoms with Crippen molar-refractivity contribution in [2.24, 2.45) is 0 Å². The highest BCUT2D eigenvalue weighted by atomic mass is 16.5. The van der Waals surface area contributed by atoms with Crippen LogP contribution in [-0.2, 0) is 6.42 Å². The van der Waals surface area contributed by atoms with Gasteiger partial charge in [-0.3, -0.25) is 0 Å². The van der Waals surface area contributed by atoms with Crippen molar-refractivity contribution in [1.82, 2.24) is 14.5 Å². The van der Waals surface area contributed by atoms with Crippen molar-refractivity contribution in [2.75, 3.05) is 12.3 Å². The van der Waals surface area contributed by atoms with Crippen LogP contribution in [0.25, 0.3) is 16.7 Å². The normalized spacial score (nSPS) is 16.2. The largest absolute Gasteiger partial charge is 0.493 e. The molecule has 0 bridgehead atoms. The molecule has 3 heterocycles. The summed E-state index contributed by atoms with van der Waals surface area (Å²) in [6.45, 7) is 0.627. The van der Waals surface area contributed by atoms with Crippen LogP contribution in [0.5, 0.6) is 5.75 Å². The number of ether oxygens (including phenoxy) is 1. The fourth-order valence-corrected chi connectivity index (χ4v) is 3.37. The van der Waals surface area contributed by atoms with Crippen LogP contribution in [0, 0.1) is 0 Å². The van der Waals surface area contributed by atoms with Gasteiger partial charge in [-0.15, -0.1) is 0 Å². The van der Waals surface area contributed by atoms with E-state index in [2.05, 4.69) is 4.98 Å². The molecule has 0 spiro atoms. The lowest BCUT2D eigenvalue weighted by atomic mass is 10.1. The molecule has 3 aromatic rings. The maximum atomic E-state index is 12.6. The molecular weight excluding hydrogens is 304 g/mol. The Balaban J connectivity index is 1.86. The zero-order valence-corrected chi connectivity index (χ0v) is 13.0. The minimum atomic E-state index is -0.402. The molecule has 0 radical (unpaired) electrons. The summed E-state index contributed by atoms with van der Waals surface area (Å²) in [7, 11) is 0. The second-order valence-electron chi connectivity index (χ2n) is 6.35. The number of rotatable bonds is 2. The first kappa shape index (κ1) is 13.5. The van der Waals surface area contributed by atoms with Gasteiger partial charge in [-0.1, -0.05) is 6.07 Å². The molecule has 2 aromatic heterocycles. The number of aromatic nitrogens is 3. The molecule has 6 heteroatoms. The molecule has 1 aliphatic carbocycles. The van der Waals surface area contributed by atoms with Crippen LogP contribution >= 0.6 is 0 Å². The maximum Gasteiger partial charge on any atom is 0.355 e. The molecule has 1 fully saturated rings. The molecule has 2 aliphatic rings. The summed E-state index contributed by atoms with van der Waals surface area (Å²) < 4.78 is 7.20. The Morgan fingerprint density at radius 1 is 1.17 bits per heavy atom. The number of anilines is 1. The van der Waals surface area contributed by atoms with Gasteiger partial charge >= 0.3 is 5.69 Å². The smallest absolute Gasteiger partial charge is 0.355 e. The summed E-state index contributed by atoms with van der Waals surface area (Å²) in [5.74, 6) is 1.55. The van der Waals surface area contributed by atoms with E-state index in [9.17, 15) is 4.79 Å². The van der Waals surface area contributed by atoms with Gasteiger partial charge in [0.2, 0.25) is 0 Å². The molecule has 0 atom stereocenters. The van der Waals surface area contributed by atoms with Gasteiger partial charge in [0.15, 0.2) is 5.65 Å². The molecule has 2 N–H and O–H groups in total.